The van der Waals surface area contributed by atoms with Crippen molar-refractivity contribution in [2.75, 3.05) is 11.5 Å². The van der Waals surface area contributed by atoms with Crippen molar-refractivity contribution in [2.24, 2.45) is 0 Å². The van der Waals surface area contributed by atoms with Crippen LogP contribution in [0.25, 0.3) is 5.78 Å². The molecule has 0 aromatic carbocycles. The fourth-order valence-electron chi connectivity index (χ4n) is 0.725. The van der Waals surface area contributed by atoms with Crippen LogP contribution in [0.15, 0.2) is 6.20 Å². The second kappa shape index (κ2) is 1.78. The van der Waals surface area contributed by atoms with E-state index >= 15 is 0 Å². The minimum absolute atomic E-state index is 0.180. The van der Waals surface area contributed by atoms with Gasteiger partial charge in [0, 0.05) is 0 Å². The first-order valence-corrected chi connectivity index (χ1v) is 2.87. The predicted molar refractivity (Wildman–Crippen MR) is 37.4 cm³/mol. The van der Waals surface area contributed by atoms with Crippen molar-refractivity contribution in [3.8, 4) is 0 Å². The molecule has 0 bridgehead atoms. The van der Waals surface area contributed by atoms with Crippen LogP contribution in [0.2, 0.25) is 0 Å². The van der Waals surface area contributed by atoms with Crippen LogP contribution in [-0.4, -0.2) is 24.8 Å². The molecule has 0 atom stereocenters. The third kappa shape index (κ3) is 0.741. The van der Waals surface area contributed by atoms with Gasteiger partial charge in [0.25, 0.3) is 5.78 Å². The maximum absolute atomic E-state index is 5.38. The number of aromatic nitrogens is 5. The van der Waals surface area contributed by atoms with Gasteiger partial charge in [-0.2, -0.15) is 4.52 Å². The molecule has 0 aliphatic rings. The quantitative estimate of drug-likeness (QED) is 0.483. The van der Waals surface area contributed by atoms with Gasteiger partial charge in [0.15, 0.2) is 5.82 Å². The zero-order valence-corrected chi connectivity index (χ0v) is 5.47. The van der Waals surface area contributed by atoms with Crippen LogP contribution in [-0.2, 0) is 0 Å². The van der Waals surface area contributed by atoms with E-state index in [1.807, 2.05) is 0 Å². The van der Waals surface area contributed by atoms with Gasteiger partial charge >= 0.3 is 0 Å². The number of anilines is 2. The summed E-state index contributed by atoms with van der Waals surface area (Å²) in [6, 6.07) is 0. The highest BCUT2D eigenvalue weighted by Gasteiger charge is 2.02. The molecule has 7 nitrogen and oxygen atoms in total. The largest absolute Gasteiger partial charge is 0.381 e. The first-order valence-electron chi connectivity index (χ1n) is 2.87. The van der Waals surface area contributed by atoms with Gasteiger partial charge < -0.3 is 11.5 Å². The van der Waals surface area contributed by atoms with Gasteiger partial charge in [0.05, 0.1) is 6.20 Å². The smallest absolute Gasteiger partial charge is 0.273 e. The summed E-state index contributed by atoms with van der Waals surface area (Å²) in [6.07, 6.45) is 1.39. The second-order valence-electron chi connectivity index (χ2n) is 1.95. The zero-order valence-electron chi connectivity index (χ0n) is 5.47. The molecule has 2 rings (SSSR count). The van der Waals surface area contributed by atoms with E-state index in [1.54, 1.807) is 0 Å². The molecule has 56 valence electrons. The van der Waals surface area contributed by atoms with Crippen molar-refractivity contribution >= 4 is 17.5 Å². The Labute approximate surface area is 61.0 Å². The standard InChI is InChI=1S/C4H5N7/c5-2-1-7-4-9-8-3(6)11(4)10-2/h1H,(H2,5,10)(H2,6,8). The average molecular weight is 151 g/mol. The lowest BCUT2D eigenvalue weighted by Gasteiger charge is -1.92. The van der Waals surface area contributed by atoms with Gasteiger partial charge in [0.2, 0.25) is 5.95 Å². The molecular weight excluding hydrogens is 146 g/mol. The molecule has 0 aliphatic heterocycles. The van der Waals surface area contributed by atoms with Crippen LogP contribution in [0.5, 0.6) is 0 Å². The molecule has 4 N–H and O–H groups in total. The number of nitrogen functional groups attached to an aromatic ring is 2. The lowest BCUT2D eigenvalue weighted by molar-refractivity contribution is 0.920. The fourth-order valence-corrected chi connectivity index (χ4v) is 0.725. The first-order chi connectivity index (χ1) is 5.27. The highest BCUT2D eigenvalue weighted by atomic mass is 15.4. The van der Waals surface area contributed by atoms with Crippen molar-refractivity contribution < 1.29 is 0 Å². The van der Waals surface area contributed by atoms with E-state index in [0.29, 0.717) is 5.78 Å². The Morgan fingerprint density at radius 2 is 2.09 bits per heavy atom. The molecule has 11 heavy (non-hydrogen) atoms. The molecule has 0 aliphatic carbocycles. The highest BCUT2D eigenvalue weighted by Crippen LogP contribution is 2.00. The van der Waals surface area contributed by atoms with Crippen LogP contribution in [0.4, 0.5) is 11.8 Å². The van der Waals surface area contributed by atoms with E-state index < -0.39 is 0 Å². The van der Waals surface area contributed by atoms with E-state index in [4.69, 9.17) is 11.5 Å². The van der Waals surface area contributed by atoms with Gasteiger partial charge in [0.1, 0.15) is 0 Å². The minimum Gasteiger partial charge on any atom is -0.381 e. The lowest BCUT2D eigenvalue weighted by atomic mass is 10.8. The van der Waals surface area contributed by atoms with Crippen molar-refractivity contribution in [2.45, 2.75) is 0 Å². The van der Waals surface area contributed by atoms with Crippen LogP contribution in [0.1, 0.15) is 0 Å². The summed E-state index contributed by atoms with van der Waals surface area (Å²) in [7, 11) is 0. The molecule has 0 radical (unpaired) electrons. The van der Waals surface area contributed by atoms with Gasteiger partial charge in [-0.05, 0) is 0 Å². The Balaban J connectivity index is 2.87. The Hall–Kier alpha value is -1.92. The molecule has 0 unspecified atom stereocenters. The SMILES string of the molecule is Nc1cnc2nnc(N)n2n1. The van der Waals surface area contributed by atoms with Gasteiger partial charge in [-0.25, -0.2) is 4.98 Å². The van der Waals surface area contributed by atoms with E-state index in [9.17, 15) is 0 Å². The molecule has 0 saturated carbocycles. The predicted octanol–water partition coefficient (Wildman–Crippen LogP) is -1.32. The molecule has 2 aromatic rings. The van der Waals surface area contributed by atoms with Gasteiger partial charge in [-0.3, -0.25) is 0 Å². The molecule has 0 spiro atoms. The van der Waals surface area contributed by atoms with E-state index in [-0.39, 0.29) is 11.8 Å². The Morgan fingerprint density at radius 1 is 1.27 bits per heavy atom. The molecule has 2 heterocycles. The number of nitrogens with two attached hydrogens (primary N) is 2. The van der Waals surface area contributed by atoms with E-state index in [0.717, 1.165) is 0 Å². The topological polar surface area (TPSA) is 108 Å². The summed E-state index contributed by atoms with van der Waals surface area (Å²) < 4.78 is 1.27. The van der Waals surface area contributed by atoms with Gasteiger partial charge in [-0.15, -0.1) is 15.3 Å². The van der Waals surface area contributed by atoms with Crippen molar-refractivity contribution in [1.29, 1.82) is 0 Å². The molecular formula is C4H5N7. The fraction of sp³-hybridized carbons (Fsp3) is 0. The third-order valence-corrected chi connectivity index (χ3v) is 1.18. The number of fused-ring (bicyclic) bond motifs is 1. The van der Waals surface area contributed by atoms with Crippen molar-refractivity contribution in [1.82, 2.24) is 24.8 Å². The molecule has 7 heteroatoms. The molecule has 0 saturated heterocycles. The van der Waals surface area contributed by atoms with Crippen LogP contribution in [0.3, 0.4) is 0 Å². The van der Waals surface area contributed by atoms with Crippen molar-refractivity contribution in [3.63, 3.8) is 0 Å². The van der Waals surface area contributed by atoms with E-state index in [1.165, 1.54) is 10.7 Å². The minimum atomic E-state index is 0.180. The van der Waals surface area contributed by atoms with Gasteiger partial charge in [-0.1, -0.05) is 0 Å². The lowest BCUT2D eigenvalue weighted by Crippen LogP contribution is -2.02. The average Bonchev–Trinajstić information content (AvgIpc) is 2.33. The zero-order chi connectivity index (χ0) is 7.84. The van der Waals surface area contributed by atoms with E-state index in [2.05, 4.69) is 20.3 Å². The monoisotopic (exact) mass is 151 g/mol. The molecule has 0 amide bonds. The van der Waals surface area contributed by atoms with Crippen LogP contribution < -0.4 is 11.5 Å². The maximum Gasteiger partial charge on any atom is 0.273 e. The van der Waals surface area contributed by atoms with Crippen LogP contribution in [0, 0.1) is 0 Å². The Bertz CT molecular complexity index is 390. The highest BCUT2D eigenvalue weighted by molar-refractivity contribution is 5.36. The summed E-state index contributed by atoms with van der Waals surface area (Å²) >= 11 is 0. The summed E-state index contributed by atoms with van der Waals surface area (Å²) in [5, 5.41) is 11.0. The number of nitrogens with zero attached hydrogens (tertiary/aromatic N) is 5. The summed E-state index contributed by atoms with van der Waals surface area (Å²) in [6.45, 7) is 0. The van der Waals surface area contributed by atoms with Crippen LogP contribution >= 0.6 is 0 Å². The number of hydrogen-bond acceptors (Lipinski definition) is 6. The number of rotatable bonds is 0. The summed E-state index contributed by atoms with van der Waals surface area (Å²) in [5.41, 5.74) is 10.7. The van der Waals surface area contributed by atoms with Crippen molar-refractivity contribution in [3.05, 3.63) is 6.20 Å². The first kappa shape index (κ1) is 5.83. The maximum atomic E-state index is 5.38. The normalized spacial score (nSPS) is 10.5. The Kier molecular flexibility index (Phi) is 0.945. The second-order valence-corrected chi connectivity index (χ2v) is 1.95. The third-order valence-electron chi connectivity index (χ3n) is 1.18. The summed E-state index contributed by atoms with van der Waals surface area (Å²) in [5.74, 6) is 0.806. The molecule has 2 aromatic heterocycles. The Morgan fingerprint density at radius 3 is 2.91 bits per heavy atom. The molecule has 0 fully saturated rings. The number of hydrogen-bond donors (Lipinski definition) is 2. The summed E-state index contributed by atoms with van der Waals surface area (Å²) in [4.78, 5) is 3.82.